The Morgan fingerprint density at radius 3 is 2.48 bits per heavy atom. The second kappa shape index (κ2) is 9.16. The predicted octanol–water partition coefficient (Wildman–Crippen LogP) is 5.39. The molecule has 1 fully saturated rings. The van der Waals surface area contributed by atoms with Gasteiger partial charge in [-0.25, -0.2) is 0 Å². The van der Waals surface area contributed by atoms with Gasteiger partial charge in [0.25, 0.3) is 0 Å². The Balaban J connectivity index is 1.49. The number of hydrogen-bond donors (Lipinski definition) is 2. The van der Waals surface area contributed by atoms with Crippen molar-refractivity contribution in [2.75, 3.05) is 0 Å². The maximum atomic E-state index is 7.75. The average molecular weight is 369 g/mol. The normalized spacial score (nSPS) is 15.0. The van der Waals surface area contributed by atoms with E-state index in [1.165, 1.54) is 56.9 Å². The first kappa shape index (κ1) is 19.6. The number of aromatic nitrogens is 2. The second-order valence-electron chi connectivity index (χ2n) is 7.84. The number of nitrogens with one attached hydrogen (secondary N) is 1. The Labute approximate surface area is 162 Å². The fourth-order valence-corrected chi connectivity index (χ4v) is 3.59. The van der Waals surface area contributed by atoms with Gasteiger partial charge in [0.2, 0.25) is 11.7 Å². The van der Waals surface area contributed by atoms with E-state index < -0.39 is 5.41 Å². The molecule has 0 radical (unpaired) electrons. The number of benzene rings is 1. The van der Waals surface area contributed by atoms with E-state index in [9.17, 15) is 0 Å². The van der Waals surface area contributed by atoms with E-state index in [-0.39, 0.29) is 5.84 Å². The van der Waals surface area contributed by atoms with Crippen LogP contribution in [0.5, 0.6) is 0 Å². The first-order chi connectivity index (χ1) is 13.2. The molecule has 5 nitrogen and oxygen atoms in total. The molecule has 1 aliphatic carbocycles. The van der Waals surface area contributed by atoms with Crippen molar-refractivity contribution in [1.29, 1.82) is 5.41 Å². The van der Waals surface area contributed by atoms with Gasteiger partial charge in [0.15, 0.2) is 0 Å². The van der Waals surface area contributed by atoms with Crippen LogP contribution in [0.15, 0.2) is 28.8 Å². The van der Waals surface area contributed by atoms with E-state index in [4.69, 9.17) is 15.7 Å². The maximum Gasteiger partial charge on any atom is 0.240 e. The van der Waals surface area contributed by atoms with Crippen LogP contribution in [0.25, 0.3) is 11.4 Å². The lowest BCUT2D eigenvalue weighted by Gasteiger charge is -2.06. The second-order valence-corrected chi connectivity index (χ2v) is 7.84. The molecule has 27 heavy (non-hydrogen) atoms. The fraction of sp³-hybridized carbons (Fsp3) is 0.591. The van der Waals surface area contributed by atoms with Gasteiger partial charge in [0.05, 0.1) is 0 Å². The Kier molecular flexibility index (Phi) is 6.64. The number of nitrogens with zero attached hydrogens (tertiary/aromatic N) is 2. The lowest BCUT2D eigenvalue weighted by molar-refractivity contribution is 0.367. The number of nitrogens with two attached hydrogens (primary N) is 1. The molecule has 0 amide bonds. The molecule has 3 rings (SSSR count). The quantitative estimate of drug-likeness (QED) is 0.299. The summed E-state index contributed by atoms with van der Waals surface area (Å²) < 4.78 is 5.42. The van der Waals surface area contributed by atoms with Crippen molar-refractivity contribution in [2.24, 2.45) is 5.73 Å². The number of hydrogen-bond acceptors (Lipinski definition) is 4. The highest BCUT2D eigenvalue weighted by Crippen LogP contribution is 2.47. The van der Waals surface area contributed by atoms with Crippen LogP contribution in [0.4, 0.5) is 0 Å². The molecule has 1 aromatic carbocycles. The van der Waals surface area contributed by atoms with Gasteiger partial charge in [-0.1, -0.05) is 75.2 Å². The van der Waals surface area contributed by atoms with Crippen LogP contribution >= 0.6 is 0 Å². The molecule has 1 aliphatic rings. The Morgan fingerprint density at radius 2 is 1.81 bits per heavy atom. The summed E-state index contributed by atoms with van der Waals surface area (Å²) in [6.07, 6.45) is 13.4. The lowest BCUT2D eigenvalue weighted by atomic mass is 10.0. The van der Waals surface area contributed by atoms with Gasteiger partial charge >= 0.3 is 0 Å². The third kappa shape index (κ3) is 4.96. The Bertz CT molecular complexity index is 748. The van der Waals surface area contributed by atoms with Crippen molar-refractivity contribution >= 4 is 5.84 Å². The van der Waals surface area contributed by atoms with Gasteiger partial charge in [-0.15, -0.1) is 0 Å². The fourth-order valence-electron chi connectivity index (χ4n) is 3.59. The van der Waals surface area contributed by atoms with Crippen LogP contribution in [0.3, 0.4) is 0 Å². The Morgan fingerprint density at radius 1 is 1.11 bits per heavy atom. The van der Waals surface area contributed by atoms with E-state index in [1.54, 1.807) is 0 Å². The molecule has 0 spiro atoms. The van der Waals surface area contributed by atoms with Crippen molar-refractivity contribution < 1.29 is 4.52 Å². The molecule has 0 aliphatic heterocycles. The molecule has 1 saturated carbocycles. The summed E-state index contributed by atoms with van der Waals surface area (Å²) in [5, 5.41) is 11.9. The molecule has 0 atom stereocenters. The minimum atomic E-state index is -0.500. The van der Waals surface area contributed by atoms with E-state index >= 15 is 0 Å². The van der Waals surface area contributed by atoms with Crippen LogP contribution in [0.1, 0.15) is 82.6 Å². The van der Waals surface area contributed by atoms with Gasteiger partial charge in [-0.2, -0.15) is 4.98 Å². The van der Waals surface area contributed by atoms with Gasteiger partial charge in [-0.3, -0.25) is 5.41 Å². The van der Waals surface area contributed by atoms with E-state index in [0.717, 1.165) is 24.8 Å². The summed E-state index contributed by atoms with van der Waals surface area (Å²) in [4.78, 5) is 4.52. The first-order valence-corrected chi connectivity index (χ1v) is 10.4. The zero-order chi connectivity index (χ0) is 19.1. The number of rotatable bonds is 12. The lowest BCUT2D eigenvalue weighted by Crippen LogP contribution is -2.27. The third-order valence-electron chi connectivity index (χ3n) is 5.61. The number of amidine groups is 1. The number of aryl methyl sites for hydroxylation is 1. The zero-order valence-electron chi connectivity index (χ0n) is 16.5. The van der Waals surface area contributed by atoms with Crippen LogP contribution in [-0.2, 0) is 11.8 Å². The molecule has 3 N–H and O–H groups in total. The molecular formula is C22H32N4O. The topological polar surface area (TPSA) is 88.8 Å². The molecule has 0 unspecified atom stereocenters. The smallest absolute Gasteiger partial charge is 0.240 e. The van der Waals surface area contributed by atoms with Gasteiger partial charge in [0, 0.05) is 5.56 Å². The van der Waals surface area contributed by atoms with E-state index in [2.05, 4.69) is 35.3 Å². The van der Waals surface area contributed by atoms with Crippen LogP contribution < -0.4 is 5.73 Å². The average Bonchev–Trinajstić information content (AvgIpc) is 3.35. The summed E-state index contributed by atoms with van der Waals surface area (Å²) in [5.74, 6) is 1.20. The summed E-state index contributed by atoms with van der Waals surface area (Å²) in [7, 11) is 0. The van der Waals surface area contributed by atoms with E-state index in [1.807, 2.05) is 6.07 Å². The molecule has 0 saturated heterocycles. The summed E-state index contributed by atoms with van der Waals surface area (Å²) in [5.41, 5.74) is 7.50. The largest absolute Gasteiger partial charge is 0.387 e. The van der Waals surface area contributed by atoms with E-state index in [0.29, 0.717) is 11.7 Å². The van der Waals surface area contributed by atoms with Gasteiger partial charge < -0.3 is 10.3 Å². The first-order valence-electron chi connectivity index (χ1n) is 10.4. The highest BCUT2D eigenvalue weighted by atomic mass is 16.5. The maximum absolute atomic E-state index is 7.75. The minimum absolute atomic E-state index is 0.126. The van der Waals surface area contributed by atoms with Crippen LogP contribution in [-0.4, -0.2) is 16.0 Å². The standard InChI is InChI=1S/C22H32N4O/c1-2-3-4-5-6-7-8-9-11-17-12-10-13-18(16-17)19-25-21(27-26-19)22(14-15-22)20(23)24/h10,12-13,16H,2-9,11,14-15H2,1H3,(H3,23,24). The van der Waals surface area contributed by atoms with Crippen LogP contribution in [0.2, 0.25) is 0 Å². The SMILES string of the molecule is CCCCCCCCCCc1cccc(-c2noc(C3(C(=N)N)CC3)n2)c1. The molecule has 1 heterocycles. The van der Waals surface area contributed by atoms with Crippen molar-refractivity contribution in [3.05, 3.63) is 35.7 Å². The Hall–Kier alpha value is -2.17. The van der Waals surface area contributed by atoms with Gasteiger partial charge in [0.1, 0.15) is 11.3 Å². The molecule has 2 aromatic rings. The minimum Gasteiger partial charge on any atom is -0.387 e. The molecule has 1 aromatic heterocycles. The number of unbranched alkanes of at least 4 members (excludes halogenated alkanes) is 7. The van der Waals surface area contributed by atoms with Crippen molar-refractivity contribution in [3.63, 3.8) is 0 Å². The zero-order valence-corrected chi connectivity index (χ0v) is 16.5. The summed E-state index contributed by atoms with van der Waals surface area (Å²) in [6.45, 7) is 2.26. The van der Waals surface area contributed by atoms with Crippen molar-refractivity contribution in [1.82, 2.24) is 10.1 Å². The molecule has 146 valence electrons. The van der Waals surface area contributed by atoms with Crippen molar-refractivity contribution in [2.45, 2.75) is 83.0 Å². The highest BCUT2D eigenvalue weighted by molar-refractivity contribution is 5.91. The third-order valence-corrected chi connectivity index (χ3v) is 5.61. The van der Waals surface area contributed by atoms with Crippen LogP contribution in [0, 0.1) is 5.41 Å². The molecular weight excluding hydrogens is 336 g/mol. The summed E-state index contributed by atoms with van der Waals surface area (Å²) in [6, 6.07) is 8.40. The molecule has 5 heteroatoms. The summed E-state index contributed by atoms with van der Waals surface area (Å²) >= 11 is 0. The monoisotopic (exact) mass is 368 g/mol. The van der Waals surface area contributed by atoms with Crippen molar-refractivity contribution in [3.8, 4) is 11.4 Å². The molecule has 0 bridgehead atoms. The predicted molar refractivity (Wildman–Crippen MR) is 109 cm³/mol. The highest BCUT2D eigenvalue weighted by Gasteiger charge is 2.52. The van der Waals surface area contributed by atoms with Gasteiger partial charge in [-0.05, 0) is 37.3 Å².